The Kier molecular flexibility index (Phi) is 6.01. The number of ether oxygens (including phenoxy) is 2. The van der Waals surface area contributed by atoms with E-state index in [1.807, 2.05) is 0 Å². The third-order valence-corrected chi connectivity index (χ3v) is 2.45. The molecular weight excluding hydrogens is 304 g/mol. The van der Waals surface area contributed by atoms with Gasteiger partial charge in [0.25, 0.3) is 5.91 Å². The number of rotatable bonds is 6. The lowest BCUT2D eigenvalue weighted by Crippen LogP contribution is -2.24. The molecule has 0 atom stereocenters. The first-order chi connectivity index (χ1) is 9.43. The van der Waals surface area contributed by atoms with Gasteiger partial charge in [-0.1, -0.05) is 11.6 Å². The summed E-state index contributed by atoms with van der Waals surface area (Å²) in [5.41, 5.74) is 13.2. The second kappa shape index (κ2) is 7.51. The number of thiocarbonyl (C=S) groups is 1. The fourth-order valence-electron chi connectivity index (χ4n) is 1.24. The van der Waals surface area contributed by atoms with E-state index in [0.717, 1.165) is 0 Å². The fourth-order valence-corrected chi connectivity index (χ4v) is 1.49. The van der Waals surface area contributed by atoms with E-state index in [9.17, 15) is 4.79 Å². The van der Waals surface area contributed by atoms with E-state index < -0.39 is 5.91 Å². The number of hydrazone groups is 1. The lowest BCUT2D eigenvalue weighted by Gasteiger charge is -2.11. The van der Waals surface area contributed by atoms with Crippen molar-refractivity contribution in [1.29, 1.82) is 0 Å². The van der Waals surface area contributed by atoms with Crippen LogP contribution in [0.3, 0.4) is 0 Å². The predicted octanol–water partition coefficient (Wildman–Crippen LogP) is 0.380. The molecule has 0 heterocycles. The first kappa shape index (κ1) is 16.0. The van der Waals surface area contributed by atoms with Crippen LogP contribution < -0.4 is 26.4 Å². The molecule has 1 rings (SSSR count). The van der Waals surface area contributed by atoms with Crippen molar-refractivity contribution in [2.24, 2.45) is 16.6 Å². The Bertz CT molecular complexity index is 551. The summed E-state index contributed by atoms with van der Waals surface area (Å²) in [5, 5.41) is 4.16. The molecule has 5 N–H and O–H groups in total. The van der Waals surface area contributed by atoms with Crippen molar-refractivity contribution in [2.45, 2.75) is 0 Å². The summed E-state index contributed by atoms with van der Waals surface area (Å²) < 4.78 is 10.3. The standard InChI is InChI=1S/C11H13ClN4O3S/c1-18-8-2-6(4-15-16-11(14)20)7(12)3-9(8)19-5-10(13)17/h2-4H,5H2,1H3,(H2,13,17)(H3,14,16,20). The maximum absolute atomic E-state index is 10.7. The molecule has 0 spiro atoms. The van der Waals surface area contributed by atoms with Gasteiger partial charge in [0.2, 0.25) is 0 Å². The number of nitrogens with two attached hydrogens (primary N) is 2. The summed E-state index contributed by atoms with van der Waals surface area (Å²) >= 11 is 10.7. The van der Waals surface area contributed by atoms with Gasteiger partial charge in [-0.25, -0.2) is 0 Å². The summed E-state index contributed by atoms with van der Waals surface area (Å²) in [6, 6.07) is 3.08. The van der Waals surface area contributed by atoms with Crippen molar-refractivity contribution in [3.63, 3.8) is 0 Å². The van der Waals surface area contributed by atoms with E-state index in [1.54, 1.807) is 6.07 Å². The van der Waals surface area contributed by atoms with Gasteiger partial charge in [0.1, 0.15) is 0 Å². The van der Waals surface area contributed by atoms with Gasteiger partial charge in [-0.3, -0.25) is 10.2 Å². The van der Waals surface area contributed by atoms with E-state index in [0.29, 0.717) is 22.1 Å². The van der Waals surface area contributed by atoms with E-state index in [2.05, 4.69) is 22.7 Å². The Morgan fingerprint density at radius 1 is 1.50 bits per heavy atom. The maximum atomic E-state index is 10.7. The highest BCUT2D eigenvalue weighted by Gasteiger charge is 2.10. The number of amides is 1. The first-order valence-electron chi connectivity index (χ1n) is 5.31. The quantitative estimate of drug-likeness (QED) is 0.397. The van der Waals surface area contributed by atoms with Crippen LogP contribution in [0.1, 0.15) is 5.56 Å². The maximum Gasteiger partial charge on any atom is 0.255 e. The highest BCUT2D eigenvalue weighted by molar-refractivity contribution is 7.80. The van der Waals surface area contributed by atoms with Crippen molar-refractivity contribution in [3.8, 4) is 11.5 Å². The topological polar surface area (TPSA) is 112 Å². The molecule has 0 aliphatic heterocycles. The minimum Gasteiger partial charge on any atom is -0.493 e. The molecule has 1 amide bonds. The van der Waals surface area contributed by atoms with Crippen LogP contribution in [-0.2, 0) is 4.79 Å². The van der Waals surface area contributed by atoms with Gasteiger partial charge in [-0.2, -0.15) is 5.10 Å². The Morgan fingerprint density at radius 2 is 2.20 bits per heavy atom. The number of primary amides is 1. The van der Waals surface area contributed by atoms with Gasteiger partial charge in [-0.05, 0) is 18.3 Å². The minimum absolute atomic E-state index is 0.0331. The SMILES string of the molecule is COc1cc(C=NNC(N)=S)c(Cl)cc1OCC(N)=O. The van der Waals surface area contributed by atoms with Gasteiger partial charge in [0.05, 0.1) is 18.3 Å². The van der Waals surface area contributed by atoms with E-state index in [1.165, 1.54) is 19.4 Å². The molecule has 7 nitrogen and oxygen atoms in total. The Morgan fingerprint density at radius 3 is 2.75 bits per heavy atom. The second-order valence-electron chi connectivity index (χ2n) is 3.51. The largest absolute Gasteiger partial charge is 0.493 e. The molecule has 0 radical (unpaired) electrons. The predicted molar refractivity (Wildman–Crippen MR) is 80.2 cm³/mol. The zero-order valence-electron chi connectivity index (χ0n) is 10.6. The van der Waals surface area contributed by atoms with Crippen LogP contribution in [0.2, 0.25) is 5.02 Å². The second-order valence-corrected chi connectivity index (χ2v) is 4.36. The van der Waals surface area contributed by atoms with Crippen LogP contribution in [0.25, 0.3) is 0 Å². The molecule has 0 bridgehead atoms. The molecule has 0 aliphatic carbocycles. The van der Waals surface area contributed by atoms with E-state index in [-0.39, 0.29) is 11.7 Å². The van der Waals surface area contributed by atoms with Crippen molar-refractivity contribution in [2.75, 3.05) is 13.7 Å². The van der Waals surface area contributed by atoms with Crippen molar-refractivity contribution < 1.29 is 14.3 Å². The molecule has 9 heteroatoms. The Balaban J connectivity index is 2.97. The van der Waals surface area contributed by atoms with Crippen LogP contribution in [0.15, 0.2) is 17.2 Å². The van der Waals surface area contributed by atoms with Crippen LogP contribution in [0.5, 0.6) is 11.5 Å². The number of carbonyl (C=O) groups excluding carboxylic acids is 1. The summed E-state index contributed by atoms with van der Waals surface area (Å²) in [6.45, 7) is -0.275. The first-order valence-corrected chi connectivity index (χ1v) is 6.09. The number of halogens is 1. The number of methoxy groups -OCH3 is 1. The molecule has 1 aromatic carbocycles. The number of nitrogens with one attached hydrogen (secondary N) is 1. The summed E-state index contributed by atoms with van der Waals surface area (Å²) in [6.07, 6.45) is 1.42. The third-order valence-electron chi connectivity index (χ3n) is 2.03. The van der Waals surface area contributed by atoms with Gasteiger partial charge in [0.15, 0.2) is 23.2 Å². The lowest BCUT2D eigenvalue weighted by atomic mass is 10.2. The molecule has 108 valence electrons. The van der Waals surface area contributed by atoms with E-state index >= 15 is 0 Å². The van der Waals surface area contributed by atoms with Crippen LogP contribution in [-0.4, -0.2) is 31.0 Å². The number of benzene rings is 1. The molecule has 0 aromatic heterocycles. The molecule has 0 saturated carbocycles. The molecule has 1 aromatic rings. The highest BCUT2D eigenvalue weighted by atomic mass is 35.5. The molecule has 0 saturated heterocycles. The molecule has 0 fully saturated rings. The minimum atomic E-state index is -0.602. The molecular formula is C11H13ClN4O3S. The van der Waals surface area contributed by atoms with Crippen molar-refractivity contribution >= 4 is 41.1 Å². The summed E-state index contributed by atoms with van der Waals surface area (Å²) in [5.74, 6) is 0.0812. The lowest BCUT2D eigenvalue weighted by molar-refractivity contribution is -0.119. The number of carbonyl (C=O) groups is 1. The highest BCUT2D eigenvalue weighted by Crippen LogP contribution is 2.32. The monoisotopic (exact) mass is 316 g/mol. The fraction of sp³-hybridized carbons (Fsp3) is 0.182. The van der Waals surface area contributed by atoms with Crippen molar-refractivity contribution in [3.05, 3.63) is 22.7 Å². The third kappa shape index (κ3) is 4.90. The van der Waals surface area contributed by atoms with Gasteiger partial charge in [0, 0.05) is 11.6 Å². The van der Waals surface area contributed by atoms with Gasteiger partial charge < -0.3 is 20.9 Å². The smallest absolute Gasteiger partial charge is 0.255 e. The zero-order valence-corrected chi connectivity index (χ0v) is 12.1. The number of hydrogen-bond acceptors (Lipinski definition) is 5. The summed E-state index contributed by atoms with van der Waals surface area (Å²) in [4.78, 5) is 10.7. The van der Waals surface area contributed by atoms with Crippen molar-refractivity contribution in [1.82, 2.24) is 5.43 Å². The van der Waals surface area contributed by atoms with Crippen LogP contribution in [0.4, 0.5) is 0 Å². The zero-order chi connectivity index (χ0) is 15.1. The molecule has 20 heavy (non-hydrogen) atoms. The Hall–Kier alpha value is -2.06. The number of hydrogen-bond donors (Lipinski definition) is 3. The average molecular weight is 317 g/mol. The summed E-state index contributed by atoms with van der Waals surface area (Å²) in [7, 11) is 1.45. The van der Waals surface area contributed by atoms with Crippen LogP contribution in [0, 0.1) is 0 Å². The van der Waals surface area contributed by atoms with Gasteiger partial charge >= 0.3 is 0 Å². The van der Waals surface area contributed by atoms with Crippen LogP contribution >= 0.6 is 23.8 Å². The number of nitrogens with zero attached hydrogens (tertiary/aromatic N) is 1. The Labute approximate surface area is 125 Å². The molecule has 0 aliphatic rings. The average Bonchev–Trinajstić information content (AvgIpc) is 2.37. The van der Waals surface area contributed by atoms with E-state index in [4.69, 9.17) is 32.5 Å². The van der Waals surface area contributed by atoms with Gasteiger partial charge in [-0.15, -0.1) is 0 Å². The molecule has 0 unspecified atom stereocenters. The normalized spacial score (nSPS) is 10.3.